The number of aromatic nitrogens is 1. The average molecular weight is 603 g/mol. The molecule has 44 heavy (non-hydrogen) atoms. The number of nitrogens with one attached hydrogen (secondary N) is 6. The fourth-order valence-corrected chi connectivity index (χ4v) is 6.14. The van der Waals surface area contributed by atoms with Gasteiger partial charge in [-0.15, -0.1) is 0 Å². The van der Waals surface area contributed by atoms with Crippen LogP contribution < -0.4 is 37.2 Å². The van der Waals surface area contributed by atoms with Gasteiger partial charge >= 0.3 is 0 Å². The van der Waals surface area contributed by atoms with Gasteiger partial charge in [0.15, 0.2) is 5.58 Å². The van der Waals surface area contributed by atoms with Gasteiger partial charge in [0.2, 0.25) is 29.5 Å². The van der Waals surface area contributed by atoms with Crippen molar-refractivity contribution in [2.45, 2.75) is 70.1 Å². The summed E-state index contributed by atoms with van der Waals surface area (Å²) in [4.78, 5) is 60.2. The Morgan fingerprint density at radius 1 is 1.14 bits per heavy atom. The van der Waals surface area contributed by atoms with Crippen molar-refractivity contribution in [3.05, 3.63) is 59.5 Å². The van der Waals surface area contributed by atoms with Crippen molar-refractivity contribution in [3.63, 3.8) is 0 Å². The Morgan fingerprint density at radius 3 is 2.73 bits per heavy atom. The van der Waals surface area contributed by atoms with Gasteiger partial charge in [-0.25, -0.2) is 15.8 Å². The SMILES string of the molecule is CC[C@H](C)[C@H](NC(=O)Cc1nc2ccccc2o1)C(=O)N[C@H]1CCc2cccc3c2N(C1=O)[C@H](C(=O)NCC1CNNN1)C3. The summed E-state index contributed by atoms with van der Waals surface area (Å²) in [6.07, 6.45) is 1.84. The molecule has 1 fully saturated rings. The molecule has 1 unspecified atom stereocenters. The Balaban J connectivity index is 1.16. The summed E-state index contributed by atoms with van der Waals surface area (Å²) in [5.41, 5.74) is 12.7. The zero-order valence-electron chi connectivity index (χ0n) is 24.8. The number of aryl methyl sites for hydroxylation is 1. The van der Waals surface area contributed by atoms with Crippen LogP contribution in [0.3, 0.4) is 0 Å². The van der Waals surface area contributed by atoms with E-state index in [9.17, 15) is 19.2 Å². The van der Waals surface area contributed by atoms with E-state index in [1.807, 2.05) is 44.2 Å². The fraction of sp³-hybridized carbons (Fsp3) is 0.452. The van der Waals surface area contributed by atoms with E-state index < -0.39 is 29.9 Å². The number of anilines is 1. The van der Waals surface area contributed by atoms with E-state index >= 15 is 0 Å². The molecule has 6 N–H and O–H groups in total. The zero-order chi connectivity index (χ0) is 30.8. The minimum atomic E-state index is -0.871. The molecule has 0 radical (unpaired) electrons. The number of rotatable bonds is 10. The second-order valence-electron chi connectivity index (χ2n) is 11.7. The standard InChI is InChI=1S/C31H38N8O5/c1-3-17(2)27(36-25(40)14-26-34-21-9-4-5-10-24(21)44-26)30(42)35-22-12-11-18-7-6-8-19-13-23(39(28(18)19)31(22)43)29(41)32-15-20-16-33-38-37-20/h4-10,17,20,22-23,27,33,37-38H,3,11-16H2,1-2H3,(H,32,41)(H,35,42)(H,36,40)/t17-,20?,22-,23-,27-/m0/s1. The van der Waals surface area contributed by atoms with Gasteiger partial charge in [0.05, 0.1) is 11.7 Å². The van der Waals surface area contributed by atoms with Gasteiger partial charge in [0.25, 0.3) is 0 Å². The maximum atomic E-state index is 14.1. The van der Waals surface area contributed by atoms with Crippen LogP contribution in [-0.2, 0) is 38.4 Å². The smallest absolute Gasteiger partial charge is 0.250 e. The molecule has 0 saturated carbocycles. The molecule has 4 amide bonds. The second kappa shape index (κ2) is 12.7. The predicted octanol–water partition coefficient (Wildman–Crippen LogP) is 0.387. The number of nitrogens with zero attached hydrogens (tertiary/aromatic N) is 2. The van der Waals surface area contributed by atoms with E-state index in [1.165, 1.54) is 0 Å². The van der Waals surface area contributed by atoms with Crippen LogP contribution in [0.25, 0.3) is 11.1 Å². The Labute approximate surface area is 254 Å². The zero-order valence-corrected chi connectivity index (χ0v) is 24.8. The van der Waals surface area contributed by atoms with Gasteiger partial charge in [-0.05, 0) is 42.0 Å². The average Bonchev–Trinajstić information content (AvgIpc) is 3.76. The number of oxazole rings is 1. The third-order valence-electron chi connectivity index (χ3n) is 8.72. The van der Waals surface area contributed by atoms with Gasteiger partial charge in [-0.2, -0.15) is 5.53 Å². The maximum Gasteiger partial charge on any atom is 0.250 e. The van der Waals surface area contributed by atoms with Gasteiger partial charge in [0.1, 0.15) is 30.1 Å². The number of hydrazine groups is 2. The van der Waals surface area contributed by atoms with E-state index in [0.717, 1.165) is 16.8 Å². The summed E-state index contributed by atoms with van der Waals surface area (Å²) in [6, 6.07) is 10.7. The van der Waals surface area contributed by atoms with Crippen LogP contribution in [-0.4, -0.2) is 65.9 Å². The normalized spacial score (nSPS) is 22.3. The minimum absolute atomic E-state index is 0.0143. The number of hydrogen-bond acceptors (Lipinski definition) is 9. The quantitative estimate of drug-likeness (QED) is 0.192. The van der Waals surface area contributed by atoms with Crippen LogP contribution in [0.5, 0.6) is 0 Å². The monoisotopic (exact) mass is 602 g/mol. The third kappa shape index (κ3) is 6.03. The van der Waals surface area contributed by atoms with Crippen molar-refractivity contribution < 1.29 is 23.6 Å². The molecule has 6 rings (SSSR count). The molecule has 3 aliphatic rings. The molecule has 3 aliphatic heterocycles. The molecule has 2 aromatic carbocycles. The first-order chi connectivity index (χ1) is 21.3. The summed E-state index contributed by atoms with van der Waals surface area (Å²) < 4.78 is 5.69. The van der Waals surface area contributed by atoms with E-state index in [0.29, 0.717) is 49.9 Å². The molecule has 1 aromatic heterocycles. The highest BCUT2D eigenvalue weighted by atomic mass is 16.3. The number of amides is 4. The number of para-hydroxylation sites is 3. The summed E-state index contributed by atoms with van der Waals surface area (Å²) >= 11 is 0. The molecule has 3 aromatic rings. The predicted molar refractivity (Wildman–Crippen MR) is 162 cm³/mol. The first-order valence-corrected chi connectivity index (χ1v) is 15.2. The Morgan fingerprint density at radius 2 is 1.95 bits per heavy atom. The van der Waals surface area contributed by atoms with Crippen molar-refractivity contribution >= 4 is 40.4 Å². The van der Waals surface area contributed by atoms with Crippen LogP contribution in [0.4, 0.5) is 5.69 Å². The molecule has 0 bridgehead atoms. The second-order valence-corrected chi connectivity index (χ2v) is 11.7. The topological polar surface area (TPSA) is 170 Å². The summed E-state index contributed by atoms with van der Waals surface area (Å²) in [5.74, 6) is -1.36. The number of carbonyl (C=O) groups is 4. The lowest BCUT2D eigenvalue weighted by Crippen LogP contribution is -2.58. The van der Waals surface area contributed by atoms with Gasteiger partial charge in [0, 0.05) is 19.5 Å². The van der Waals surface area contributed by atoms with Crippen molar-refractivity contribution in [1.29, 1.82) is 0 Å². The molecule has 4 heterocycles. The highest BCUT2D eigenvalue weighted by molar-refractivity contribution is 6.08. The van der Waals surface area contributed by atoms with Crippen molar-refractivity contribution in [3.8, 4) is 0 Å². The van der Waals surface area contributed by atoms with E-state index in [4.69, 9.17) is 4.42 Å². The highest BCUT2D eigenvalue weighted by Crippen LogP contribution is 2.39. The Bertz CT molecular complexity index is 1530. The largest absolute Gasteiger partial charge is 0.440 e. The highest BCUT2D eigenvalue weighted by Gasteiger charge is 2.44. The molecule has 13 nitrogen and oxygen atoms in total. The maximum absolute atomic E-state index is 14.1. The fourth-order valence-electron chi connectivity index (χ4n) is 6.14. The molecule has 0 spiro atoms. The molecular weight excluding hydrogens is 564 g/mol. The first kappa shape index (κ1) is 29.7. The van der Waals surface area contributed by atoms with E-state index in [-0.39, 0.29) is 36.1 Å². The van der Waals surface area contributed by atoms with Gasteiger partial charge < -0.3 is 20.4 Å². The van der Waals surface area contributed by atoms with Crippen molar-refractivity contribution in [2.24, 2.45) is 5.92 Å². The first-order valence-electron chi connectivity index (χ1n) is 15.2. The van der Waals surface area contributed by atoms with Crippen LogP contribution in [0, 0.1) is 5.92 Å². The van der Waals surface area contributed by atoms with Crippen LogP contribution >= 0.6 is 0 Å². The van der Waals surface area contributed by atoms with E-state index in [1.54, 1.807) is 17.0 Å². The molecule has 5 atom stereocenters. The summed E-state index contributed by atoms with van der Waals surface area (Å²) in [6.45, 7) is 4.86. The summed E-state index contributed by atoms with van der Waals surface area (Å²) in [5, 5.41) is 8.75. The Hall–Kier alpha value is -4.33. The van der Waals surface area contributed by atoms with Crippen LogP contribution in [0.15, 0.2) is 46.9 Å². The summed E-state index contributed by atoms with van der Waals surface area (Å²) in [7, 11) is 0. The Kier molecular flexibility index (Phi) is 8.60. The van der Waals surface area contributed by atoms with Crippen LogP contribution in [0.1, 0.15) is 43.7 Å². The number of carbonyl (C=O) groups excluding carboxylic acids is 4. The number of hydrogen-bond donors (Lipinski definition) is 6. The van der Waals surface area contributed by atoms with Crippen LogP contribution in [0.2, 0.25) is 0 Å². The third-order valence-corrected chi connectivity index (χ3v) is 8.72. The molecule has 0 aliphatic carbocycles. The lowest BCUT2D eigenvalue weighted by Gasteiger charge is -2.30. The molecule has 232 valence electrons. The molecule has 13 heteroatoms. The lowest BCUT2D eigenvalue weighted by atomic mass is 9.97. The molecular formula is C31H38N8O5. The minimum Gasteiger partial charge on any atom is -0.440 e. The van der Waals surface area contributed by atoms with Gasteiger partial charge in [-0.3, -0.25) is 24.1 Å². The van der Waals surface area contributed by atoms with E-state index in [2.05, 4.69) is 37.3 Å². The lowest BCUT2D eigenvalue weighted by molar-refractivity contribution is -0.133. The van der Waals surface area contributed by atoms with Gasteiger partial charge in [-0.1, -0.05) is 50.6 Å². The van der Waals surface area contributed by atoms with Crippen molar-refractivity contribution in [1.82, 2.24) is 37.3 Å². The number of fused-ring (bicyclic) bond motifs is 1. The molecule has 1 saturated heterocycles. The van der Waals surface area contributed by atoms with Crippen molar-refractivity contribution in [2.75, 3.05) is 18.0 Å². The number of benzene rings is 2.